The van der Waals surface area contributed by atoms with E-state index in [4.69, 9.17) is 0 Å². The lowest BCUT2D eigenvalue weighted by molar-refractivity contribution is 0.0986. The number of aliphatic hydroxyl groups is 1. The van der Waals surface area contributed by atoms with E-state index < -0.39 is 0 Å². The van der Waals surface area contributed by atoms with Crippen LogP contribution in [0.2, 0.25) is 0 Å². The molecule has 1 aliphatic heterocycles. The Labute approximate surface area is 134 Å². The summed E-state index contributed by atoms with van der Waals surface area (Å²) in [7, 11) is 0. The maximum Gasteiger partial charge on any atom is 0.258 e. The highest BCUT2D eigenvalue weighted by Crippen LogP contribution is 2.36. The molecule has 120 valence electrons. The average Bonchev–Trinajstić information content (AvgIpc) is 2.92. The summed E-state index contributed by atoms with van der Waals surface area (Å²) >= 11 is 0. The number of pyridine rings is 1. The Hall–Kier alpha value is -2.40. The first-order valence-corrected chi connectivity index (χ1v) is 7.77. The van der Waals surface area contributed by atoms with Gasteiger partial charge in [-0.3, -0.25) is 9.59 Å². The number of fused-ring (bicyclic) bond motifs is 1. The SMILES string of the molecule is CC(C)c1cc(C(=O)N2CC(CO)c3ccccc32)cc(=O)[nH]1. The summed E-state index contributed by atoms with van der Waals surface area (Å²) in [5, 5.41) is 9.55. The number of nitrogens with zero attached hydrogens (tertiary/aromatic N) is 1. The smallest absolute Gasteiger partial charge is 0.258 e. The molecule has 0 spiro atoms. The predicted octanol–water partition coefficient (Wildman–Crippen LogP) is 2.23. The summed E-state index contributed by atoms with van der Waals surface area (Å²) in [5.74, 6) is -0.158. The van der Waals surface area contributed by atoms with E-state index in [9.17, 15) is 14.7 Å². The molecule has 0 saturated heterocycles. The van der Waals surface area contributed by atoms with Gasteiger partial charge in [-0.25, -0.2) is 0 Å². The first kappa shape index (κ1) is 15.5. The minimum Gasteiger partial charge on any atom is -0.396 e. The number of carbonyl (C=O) groups excluding carboxylic acids is 1. The maximum absolute atomic E-state index is 12.9. The van der Waals surface area contributed by atoms with Crippen molar-refractivity contribution in [1.82, 2.24) is 4.98 Å². The third-order valence-electron chi connectivity index (χ3n) is 4.27. The molecule has 1 amide bonds. The number of carbonyl (C=O) groups is 1. The molecule has 0 aliphatic carbocycles. The Morgan fingerprint density at radius 3 is 2.78 bits per heavy atom. The van der Waals surface area contributed by atoms with Gasteiger partial charge in [-0.1, -0.05) is 32.0 Å². The van der Waals surface area contributed by atoms with Gasteiger partial charge in [0.2, 0.25) is 5.56 Å². The van der Waals surface area contributed by atoms with Crippen LogP contribution in [0.5, 0.6) is 0 Å². The van der Waals surface area contributed by atoms with Crippen molar-refractivity contribution in [1.29, 1.82) is 0 Å². The van der Waals surface area contributed by atoms with Crippen molar-refractivity contribution in [3.05, 3.63) is 63.6 Å². The Morgan fingerprint density at radius 1 is 1.35 bits per heavy atom. The number of hydrogen-bond acceptors (Lipinski definition) is 3. The molecule has 3 rings (SSSR count). The second-order valence-electron chi connectivity index (χ2n) is 6.20. The molecule has 5 nitrogen and oxygen atoms in total. The largest absolute Gasteiger partial charge is 0.396 e. The molecule has 1 atom stereocenters. The zero-order valence-corrected chi connectivity index (χ0v) is 13.2. The molecule has 2 heterocycles. The van der Waals surface area contributed by atoms with E-state index in [0.29, 0.717) is 12.1 Å². The van der Waals surface area contributed by atoms with Crippen LogP contribution in [-0.4, -0.2) is 29.1 Å². The van der Waals surface area contributed by atoms with Crippen LogP contribution in [0.4, 0.5) is 5.69 Å². The summed E-state index contributed by atoms with van der Waals surface area (Å²) < 4.78 is 0. The van der Waals surface area contributed by atoms with Gasteiger partial charge >= 0.3 is 0 Å². The molecule has 1 aromatic heterocycles. The molecular formula is C18H20N2O3. The highest BCUT2D eigenvalue weighted by atomic mass is 16.3. The number of H-pyrrole nitrogens is 1. The van der Waals surface area contributed by atoms with Crippen molar-refractivity contribution in [2.24, 2.45) is 0 Å². The van der Waals surface area contributed by atoms with Gasteiger partial charge in [-0.2, -0.15) is 0 Å². The molecule has 0 fully saturated rings. The molecule has 1 aliphatic rings. The molecule has 1 unspecified atom stereocenters. The minimum absolute atomic E-state index is 0.00654. The Kier molecular flexibility index (Phi) is 4.05. The number of hydrogen-bond donors (Lipinski definition) is 2. The van der Waals surface area contributed by atoms with Crippen LogP contribution in [0, 0.1) is 0 Å². The number of para-hydroxylation sites is 1. The second kappa shape index (κ2) is 6.01. The third-order valence-corrected chi connectivity index (χ3v) is 4.27. The van der Waals surface area contributed by atoms with E-state index >= 15 is 0 Å². The molecule has 0 radical (unpaired) electrons. The Bertz CT molecular complexity index is 795. The molecule has 5 heteroatoms. The molecule has 23 heavy (non-hydrogen) atoms. The minimum atomic E-state index is -0.272. The highest BCUT2D eigenvalue weighted by molar-refractivity contribution is 6.07. The number of anilines is 1. The van der Waals surface area contributed by atoms with Crippen molar-refractivity contribution in [2.75, 3.05) is 18.1 Å². The lowest BCUT2D eigenvalue weighted by Gasteiger charge is -2.18. The monoisotopic (exact) mass is 312 g/mol. The van der Waals surface area contributed by atoms with E-state index in [-0.39, 0.29) is 29.9 Å². The van der Waals surface area contributed by atoms with Crippen LogP contribution in [0.25, 0.3) is 0 Å². The molecule has 0 bridgehead atoms. The van der Waals surface area contributed by atoms with Crippen molar-refractivity contribution in [3.8, 4) is 0 Å². The lowest BCUT2D eigenvalue weighted by atomic mass is 10.0. The molecule has 2 aromatic rings. The van der Waals surface area contributed by atoms with Gasteiger partial charge in [0.1, 0.15) is 0 Å². The quantitative estimate of drug-likeness (QED) is 0.913. The Balaban J connectivity index is 2.00. The van der Waals surface area contributed by atoms with E-state index in [1.54, 1.807) is 11.0 Å². The molecule has 2 N–H and O–H groups in total. The van der Waals surface area contributed by atoms with E-state index in [1.165, 1.54) is 6.07 Å². The van der Waals surface area contributed by atoms with Crippen LogP contribution in [0.1, 0.15) is 47.3 Å². The third kappa shape index (κ3) is 2.80. The number of aliphatic hydroxyl groups excluding tert-OH is 1. The van der Waals surface area contributed by atoms with E-state index in [2.05, 4.69) is 4.98 Å². The maximum atomic E-state index is 12.9. The van der Waals surface area contributed by atoms with Gasteiger partial charge in [-0.05, 0) is 23.6 Å². The summed E-state index contributed by atoms with van der Waals surface area (Å²) in [6.45, 7) is 4.35. The summed E-state index contributed by atoms with van der Waals surface area (Å²) in [6.07, 6.45) is 0. The van der Waals surface area contributed by atoms with Crippen molar-refractivity contribution < 1.29 is 9.90 Å². The average molecular weight is 312 g/mol. The van der Waals surface area contributed by atoms with E-state index in [1.807, 2.05) is 38.1 Å². The van der Waals surface area contributed by atoms with Crippen molar-refractivity contribution in [2.45, 2.75) is 25.7 Å². The number of aromatic amines is 1. The van der Waals surface area contributed by atoms with Gasteiger partial charge < -0.3 is 15.0 Å². The van der Waals surface area contributed by atoms with Crippen LogP contribution in [-0.2, 0) is 0 Å². The molecule has 0 saturated carbocycles. The number of benzene rings is 1. The summed E-state index contributed by atoms with van der Waals surface area (Å²) in [5.41, 5.74) is 2.63. The standard InChI is InChI=1S/C18H20N2O3/c1-11(2)15-7-12(8-17(22)19-15)18(23)20-9-13(10-21)14-5-3-4-6-16(14)20/h3-8,11,13,21H,9-10H2,1-2H3,(H,19,22). The van der Waals surface area contributed by atoms with Gasteiger partial charge in [0, 0.05) is 35.5 Å². The highest BCUT2D eigenvalue weighted by Gasteiger charge is 2.32. The zero-order valence-electron chi connectivity index (χ0n) is 13.2. The number of nitrogens with one attached hydrogen (secondary N) is 1. The fraction of sp³-hybridized carbons (Fsp3) is 0.333. The first-order chi connectivity index (χ1) is 11.0. The second-order valence-corrected chi connectivity index (χ2v) is 6.20. The Morgan fingerprint density at radius 2 is 2.09 bits per heavy atom. The van der Waals surface area contributed by atoms with Gasteiger partial charge in [0.25, 0.3) is 5.91 Å². The molecular weight excluding hydrogens is 292 g/mol. The van der Waals surface area contributed by atoms with Crippen LogP contribution in [0.15, 0.2) is 41.2 Å². The van der Waals surface area contributed by atoms with Crippen LogP contribution < -0.4 is 10.5 Å². The summed E-state index contributed by atoms with van der Waals surface area (Å²) in [6, 6.07) is 10.7. The first-order valence-electron chi connectivity index (χ1n) is 7.77. The van der Waals surface area contributed by atoms with Gasteiger partial charge in [0.15, 0.2) is 0 Å². The van der Waals surface area contributed by atoms with Crippen LogP contribution in [0.3, 0.4) is 0 Å². The van der Waals surface area contributed by atoms with Gasteiger partial charge in [0.05, 0.1) is 6.61 Å². The predicted molar refractivity (Wildman–Crippen MR) is 89.1 cm³/mol. The fourth-order valence-electron chi connectivity index (χ4n) is 3.00. The van der Waals surface area contributed by atoms with Crippen molar-refractivity contribution in [3.63, 3.8) is 0 Å². The van der Waals surface area contributed by atoms with E-state index in [0.717, 1.165) is 16.9 Å². The zero-order chi connectivity index (χ0) is 16.6. The summed E-state index contributed by atoms with van der Waals surface area (Å²) in [4.78, 5) is 29.1. The van der Waals surface area contributed by atoms with Crippen molar-refractivity contribution >= 4 is 11.6 Å². The fourth-order valence-corrected chi connectivity index (χ4v) is 3.00. The van der Waals surface area contributed by atoms with Crippen LogP contribution >= 0.6 is 0 Å². The number of rotatable bonds is 3. The topological polar surface area (TPSA) is 73.4 Å². The number of amides is 1. The normalized spacial score (nSPS) is 16.7. The number of aromatic nitrogens is 1. The van der Waals surface area contributed by atoms with Gasteiger partial charge in [-0.15, -0.1) is 0 Å². The molecule has 1 aromatic carbocycles. The lowest BCUT2D eigenvalue weighted by Crippen LogP contribution is -2.31.